The van der Waals surface area contributed by atoms with Crippen LogP contribution >= 0.6 is 11.3 Å². The average Bonchev–Trinajstić information content (AvgIpc) is 3.15. The highest BCUT2D eigenvalue weighted by atomic mass is 32.1. The van der Waals surface area contributed by atoms with Crippen LogP contribution in [-0.2, 0) is 22.6 Å². The van der Waals surface area contributed by atoms with Crippen LogP contribution in [0.5, 0.6) is 0 Å². The summed E-state index contributed by atoms with van der Waals surface area (Å²) in [7, 11) is 0. The van der Waals surface area contributed by atoms with E-state index in [4.69, 9.17) is 0 Å². The van der Waals surface area contributed by atoms with Crippen LogP contribution < -0.4 is 10.2 Å². The maximum atomic E-state index is 12.0. The van der Waals surface area contributed by atoms with E-state index in [-0.39, 0.29) is 18.2 Å². The molecule has 0 atom stereocenters. The van der Waals surface area contributed by atoms with Crippen LogP contribution in [-0.4, -0.2) is 23.3 Å². The normalized spacial score (nSPS) is 14.3. The lowest BCUT2D eigenvalue weighted by Gasteiger charge is -2.10. The first kappa shape index (κ1) is 15.7. The van der Waals surface area contributed by atoms with Gasteiger partial charge in [-0.2, -0.15) is 0 Å². The van der Waals surface area contributed by atoms with Gasteiger partial charge in [0, 0.05) is 24.9 Å². The number of carbonyl (C=O) groups excluding carboxylic acids is 2. The van der Waals surface area contributed by atoms with Crippen molar-refractivity contribution in [2.45, 2.75) is 32.7 Å². The number of benzene rings is 1. The van der Waals surface area contributed by atoms with Crippen molar-refractivity contribution in [3.05, 3.63) is 46.5 Å². The Morgan fingerprint density at radius 1 is 1.35 bits per heavy atom. The van der Waals surface area contributed by atoms with Crippen molar-refractivity contribution in [3.8, 4) is 0 Å². The van der Waals surface area contributed by atoms with Crippen molar-refractivity contribution in [2.75, 3.05) is 11.4 Å². The molecule has 0 spiro atoms. The van der Waals surface area contributed by atoms with Crippen LogP contribution in [0.25, 0.3) is 0 Å². The number of carbonyl (C=O) groups is 2. The topological polar surface area (TPSA) is 62.3 Å². The van der Waals surface area contributed by atoms with Crippen LogP contribution in [0.3, 0.4) is 0 Å². The zero-order valence-corrected chi connectivity index (χ0v) is 13.9. The van der Waals surface area contributed by atoms with Crippen LogP contribution in [0.15, 0.2) is 29.6 Å². The third-order valence-corrected chi connectivity index (χ3v) is 4.71. The summed E-state index contributed by atoms with van der Waals surface area (Å²) in [5.41, 5.74) is 2.99. The molecule has 1 aromatic carbocycles. The Kier molecular flexibility index (Phi) is 4.71. The predicted octanol–water partition coefficient (Wildman–Crippen LogP) is 2.44. The first-order valence-electron chi connectivity index (χ1n) is 7.69. The van der Waals surface area contributed by atoms with Gasteiger partial charge in [0.2, 0.25) is 11.8 Å². The van der Waals surface area contributed by atoms with E-state index in [0.717, 1.165) is 18.5 Å². The molecule has 1 aliphatic rings. The number of aryl methyl sites for hydroxylation is 1. The van der Waals surface area contributed by atoms with Crippen molar-refractivity contribution >= 4 is 28.3 Å². The van der Waals surface area contributed by atoms with Crippen LogP contribution in [0.4, 0.5) is 5.13 Å². The summed E-state index contributed by atoms with van der Waals surface area (Å²) in [6.07, 6.45) is 1.71. The summed E-state index contributed by atoms with van der Waals surface area (Å²) in [5, 5.41) is 5.46. The number of hydrogen-bond donors (Lipinski definition) is 1. The average molecular weight is 329 g/mol. The Morgan fingerprint density at radius 3 is 2.83 bits per heavy atom. The van der Waals surface area contributed by atoms with Crippen molar-refractivity contribution < 1.29 is 9.59 Å². The van der Waals surface area contributed by atoms with E-state index in [1.807, 2.05) is 36.6 Å². The molecule has 0 bridgehead atoms. The molecular formula is C17H19N3O2S. The highest BCUT2D eigenvalue weighted by Crippen LogP contribution is 2.25. The summed E-state index contributed by atoms with van der Waals surface area (Å²) in [5.74, 6) is 0.0601. The van der Waals surface area contributed by atoms with Crippen molar-refractivity contribution in [1.82, 2.24) is 10.3 Å². The number of anilines is 1. The van der Waals surface area contributed by atoms with Crippen LogP contribution in [0.1, 0.15) is 29.7 Å². The molecule has 0 saturated carbocycles. The van der Waals surface area contributed by atoms with Crippen LogP contribution in [0, 0.1) is 6.92 Å². The van der Waals surface area contributed by atoms with Crippen molar-refractivity contribution in [3.63, 3.8) is 0 Å². The molecule has 0 unspecified atom stereocenters. The molecular weight excluding hydrogens is 310 g/mol. The number of nitrogens with one attached hydrogen (secondary N) is 1. The van der Waals surface area contributed by atoms with Gasteiger partial charge in [0.05, 0.1) is 12.1 Å². The van der Waals surface area contributed by atoms with Gasteiger partial charge >= 0.3 is 0 Å². The van der Waals surface area contributed by atoms with E-state index >= 15 is 0 Å². The molecule has 2 aromatic rings. The molecule has 1 N–H and O–H groups in total. The van der Waals surface area contributed by atoms with E-state index in [1.165, 1.54) is 16.9 Å². The molecule has 0 aliphatic carbocycles. The van der Waals surface area contributed by atoms with Crippen molar-refractivity contribution in [2.24, 2.45) is 0 Å². The van der Waals surface area contributed by atoms with Crippen LogP contribution in [0.2, 0.25) is 0 Å². The molecule has 1 saturated heterocycles. The summed E-state index contributed by atoms with van der Waals surface area (Å²) in [6, 6.07) is 8.08. The molecule has 23 heavy (non-hydrogen) atoms. The van der Waals surface area contributed by atoms with Gasteiger partial charge in [-0.3, -0.25) is 14.5 Å². The molecule has 1 fully saturated rings. The second kappa shape index (κ2) is 6.91. The Bertz CT molecular complexity index is 709. The number of amides is 2. The summed E-state index contributed by atoms with van der Waals surface area (Å²) >= 11 is 1.42. The number of nitrogens with zero attached hydrogens (tertiary/aromatic N) is 2. The lowest BCUT2D eigenvalue weighted by Crippen LogP contribution is -2.25. The molecule has 0 radical (unpaired) electrons. The first-order valence-corrected chi connectivity index (χ1v) is 8.57. The van der Waals surface area contributed by atoms with Gasteiger partial charge in [-0.1, -0.05) is 29.8 Å². The minimum atomic E-state index is -0.0600. The largest absolute Gasteiger partial charge is 0.352 e. The monoisotopic (exact) mass is 329 g/mol. The fourth-order valence-electron chi connectivity index (χ4n) is 2.49. The molecule has 3 rings (SSSR count). The van der Waals surface area contributed by atoms with Gasteiger partial charge in [0.25, 0.3) is 0 Å². The zero-order chi connectivity index (χ0) is 16.2. The standard InChI is InChI=1S/C17H19N3O2S/c1-12-4-6-13(7-5-12)10-18-15(21)9-14-11-23-17(19-14)20-8-2-3-16(20)22/h4-7,11H,2-3,8-10H2,1H3,(H,18,21). The maximum Gasteiger partial charge on any atom is 0.228 e. The number of hydrogen-bond acceptors (Lipinski definition) is 4. The third-order valence-electron chi connectivity index (χ3n) is 3.80. The van der Waals surface area contributed by atoms with Gasteiger partial charge < -0.3 is 5.32 Å². The van der Waals surface area contributed by atoms with Gasteiger partial charge in [-0.15, -0.1) is 11.3 Å². The second-order valence-electron chi connectivity index (χ2n) is 5.71. The number of aromatic nitrogens is 1. The van der Waals surface area contributed by atoms with E-state index in [0.29, 0.717) is 23.8 Å². The van der Waals surface area contributed by atoms with Gasteiger partial charge in [-0.05, 0) is 18.9 Å². The van der Waals surface area contributed by atoms with Gasteiger partial charge in [0.15, 0.2) is 5.13 Å². The van der Waals surface area contributed by atoms with E-state index < -0.39 is 0 Å². The Hall–Kier alpha value is -2.21. The lowest BCUT2D eigenvalue weighted by molar-refractivity contribution is -0.120. The molecule has 120 valence electrons. The lowest BCUT2D eigenvalue weighted by atomic mass is 10.1. The summed E-state index contributed by atoms with van der Waals surface area (Å²) in [4.78, 5) is 29.8. The van der Waals surface area contributed by atoms with Gasteiger partial charge in [-0.25, -0.2) is 4.98 Å². The summed E-state index contributed by atoms with van der Waals surface area (Å²) < 4.78 is 0. The van der Waals surface area contributed by atoms with Crippen molar-refractivity contribution in [1.29, 1.82) is 0 Å². The molecule has 1 aromatic heterocycles. The Labute approximate surface area is 139 Å². The molecule has 5 nitrogen and oxygen atoms in total. The summed E-state index contributed by atoms with van der Waals surface area (Å²) in [6.45, 7) is 3.28. The maximum absolute atomic E-state index is 12.0. The third kappa shape index (κ3) is 3.96. The smallest absolute Gasteiger partial charge is 0.228 e. The van der Waals surface area contributed by atoms with Gasteiger partial charge in [0.1, 0.15) is 0 Å². The minimum Gasteiger partial charge on any atom is -0.352 e. The molecule has 1 aliphatic heterocycles. The fraction of sp³-hybridized carbons (Fsp3) is 0.353. The SMILES string of the molecule is Cc1ccc(CNC(=O)Cc2csc(N3CCCC3=O)n2)cc1. The zero-order valence-electron chi connectivity index (χ0n) is 13.0. The second-order valence-corrected chi connectivity index (χ2v) is 6.55. The highest BCUT2D eigenvalue weighted by molar-refractivity contribution is 7.14. The first-order chi connectivity index (χ1) is 11.1. The minimum absolute atomic E-state index is 0.0600. The predicted molar refractivity (Wildman–Crippen MR) is 90.4 cm³/mol. The Morgan fingerprint density at radius 2 is 2.13 bits per heavy atom. The number of rotatable bonds is 5. The quantitative estimate of drug-likeness (QED) is 0.916. The Balaban J connectivity index is 1.53. The van der Waals surface area contributed by atoms with E-state index in [9.17, 15) is 9.59 Å². The van der Waals surface area contributed by atoms with E-state index in [2.05, 4.69) is 10.3 Å². The fourth-order valence-corrected chi connectivity index (χ4v) is 3.35. The molecule has 2 amide bonds. The highest BCUT2D eigenvalue weighted by Gasteiger charge is 2.24. The molecule has 2 heterocycles. The number of thiazole rings is 1. The van der Waals surface area contributed by atoms with E-state index in [1.54, 1.807) is 4.90 Å². The molecule has 6 heteroatoms.